The lowest BCUT2D eigenvalue weighted by Crippen LogP contribution is -2.28. The number of hydrogen-bond donors (Lipinski definition) is 1. The molecule has 0 aliphatic heterocycles. The van der Waals surface area contributed by atoms with Gasteiger partial charge in [-0.05, 0) is 12.8 Å². The van der Waals surface area contributed by atoms with Gasteiger partial charge >= 0.3 is 0 Å². The summed E-state index contributed by atoms with van der Waals surface area (Å²) >= 11 is 0. The van der Waals surface area contributed by atoms with Crippen LogP contribution in [-0.2, 0) is 9.90 Å². The lowest BCUT2D eigenvalue weighted by atomic mass is 10.2. The van der Waals surface area contributed by atoms with Gasteiger partial charge in [-0.15, -0.1) is 0 Å². The second kappa shape index (κ2) is 6.16. The highest BCUT2D eigenvalue weighted by atomic mass is 16.2. The molecule has 3 nitrogen and oxygen atoms in total. The van der Waals surface area contributed by atoms with Crippen LogP contribution < -0.4 is 5.32 Å². The fourth-order valence-corrected chi connectivity index (χ4v) is 0.643. The Kier molecular flexibility index (Phi) is 5.84. The molecule has 0 bridgehead atoms. The summed E-state index contributed by atoms with van der Waals surface area (Å²) in [4.78, 5) is 10.9. The zero-order valence-electron chi connectivity index (χ0n) is 7.22. The molecule has 0 aromatic rings. The molecule has 0 aromatic carbocycles. The Hall–Kier alpha value is -0.570. The first-order valence-electron chi connectivity index (χ1n) is 4.04. The molecule has 1 N–H and O–H groups in total. The molecule has 0 fully saturated rings. The lowest BCUT2D eigenvalue weighted by Gasteiger charge is -2.05. The minimum Gasteiger partial charge on any atom is -0.356 e. The molecular formula is C8H16NO2. The minimum absolute atomic E-state index is 0.0438. The Balaban J connectivity index is 3.18. The topological polar surface area (TPSA) is 49.0 Å². The van der Waals surface area contributed by atoms with E-state index in [1.54, 1.807) is 0 Å². The summed E-state index contributed by atoms with van der Waals surface area (Å²) < 4.78 is 0. The highest BCUT2D eigenvalue weighted by Gasteiger charge is 2.03. The van der Waals surface area contributed by atoms with E-state index in [4.69, 9.17) is 0 Å². The number of unbranched alkanes of at least 4 members (excludes halogenated alkanes) is 1. The Morgan fingerprint density at radius 2 is 2.00 bits per heavy atom. The first-order chi connectivity index (χ1) is 5.18. The second-order valence-electron chi connectivity index (χ2n) is 2.86. The van der Waals surface area contributed by atoms with E-state index in [0.29, 0.717) is 13.0 Å². The monoisotopic (exact) mass is 158 g/mol. The van der Waals surface area contributed by atoms with Crippen molar-refractivity contribution >= 4 is 5.91 Å². The van der Waals surface area contributed by atoms with Crippen molar-refractivity contribution < 1.29 is 9.90 Å². The minimum atomic E-state index is -0.0441. The summed E-state index contributed by atoms with van der Waals surface area (Å²) in [5.41, 5.74) is 0. The normalized spacial score (nSPS) is 10.2. The average Bonchev–Trinajstić information content (AvgIpc) is 1.97. The smallest absolute Gasteiger partial charge is 0.222 e. The van der Waals surface area contributed by atoms with Crippen LogP contribution in [0.2, 0.25) is 0 Å². The number of carbonyl (C=O) groups excluding carboxylic acids is 1. The van der Waals surface area contributed by atoms with Crippen molar-refractivity contribution in [2.75, 3.05) is 13.2 Å². The van der Waals surface area contributed by atoms with Crippen molar-refractivity contribution in [3.63, 3.8) is 0 Å². The Morgan fingerprint density at radius 3 is 2.45 bits per heavy atom. The van der Waals surface area contributed by atoms with Gasteiger partial charge in [-0.2, -0.15) is 0 Å². The van der Waals surface area contributed by atoms with Crippen LogP contribution in [0, 0.1) is 5.92 Å². The van der Waals surface area contributed by atoms with E-state index in [-0.39, 0.29) is 18.4 Å². The largest absolute Gasteiger partial charge is 0.356 e. The summed E-state index contributed by atoms with van der Waals surface area (Å²) in [7, 11) is 0. The first-order valence-corrected chi connectivity index (χ1v) is 4.04. The summed E-state index contributed by atoms with van der Waals surface area (Å²) in [6.07, 6.45) is 1.44. The van der Waals surface area contributed by atoms with Crippen molar-refractivity contribution in [1.29, 1.82) is 0 Å². The van der Waals surface area contributed by atoms with Gasteiger partial charge in [0.05, 0.1) is 6.61 Å². The van der Waals surface area contributed by atoms with E-state index in [1.807, 2.05) is 13.8 Å². The van der Waals surface area contributed by atoms with Gasteiger partial charge in [0.1, 0.15) is 0 Å². The van der Waals surface area contributed by atoms with E-state index in [9.17, 15) is 9.90 Å². The molecule has 0 aliphatic rings. The van der Waals surface area contributed by atoms with E-state index < -0.39 is 0 Å². The van der Waals surface area contributed by atoms with E-state index >= 15 is 0 Å². The number of amides is 1. The van der Waals surface area contributed by atoms with Gasteiger partial charge in [0.15, 0.2) is 0 Å². The molecular weight excluding hydrogens is 142 g/mol. The van der Waals surface area contributed by atoms with Gasteiger partial charge in [-0.1, -0.05) is 13.8 Å². The lowest BCUT2D eigenvalue weighted by molar-refractivity contribution is -0.123. The van der Waals surface area contributed by atoms with Gasteiger partial charge in [-0.3, -0.25) is 4.79 Å². The second-order valence-corrected chi connectivity index (χ2v) is 2.86. The third-order valence-electron chi connectivity index (χ3n) is 1.39. The van der Waals surface area contributed by atoms with Gasteiger partial charge in [-0.25, -0.2) is 5.11 Å². The average molecular weight is 158 g/mol. The van der Waals surface area contributed by atoms with Gasteiger partial charge in [0.2, 0.25) is 5.91 Å². The molecule has 0 atom stereocenters. The first kappa shape index (κ1) is 10.4. The molecule has 0 spiro atoms. The zero-order valence-corrected chi connectivity index (χ0v) is 7.22. The predicted molar refractivity (Wildman–Crippen MR) is 42.6 cm³/mol. The van der Waals surface area contributed by atoms with Crippen molar-refractivity contribution in [3.8, 4) is 0 Å². The molecule has 1 radical (unpaired) electrons. The zero-order chi connectivity index (χ0) is 8.69. The van der Waals surface area contributed by atoms with Crippen LogP contribution in [-0.4, -0.2) is 19.1 Å². The molecule has 11 heavy (non-hydrogen) atoms. The molecule has 0 saturated carbocycles. The molecule has 65 valence electrons. The van der Waals surface area contributed by atoms with Crippen LogP contribution >= 0.6 is 0 Å². The van der Waals surface area contributed by atoms with Crippen molar-refractivity contribution in [1.82, 2.24) is 5.32 Å². The standard InChI is InChI=1S/C8H16NO2/c1-7(2)8(11)9-5-3-4-6-10/h7H,3-6H2,1-2H3,(H,9,11). The van der Waals surface area contributed by atoms with Crippen molar-refractivity contribution in [2.24, 2.45) is 5.92 Å². The SMILES string of the molecule is CC(C)C(=O)NCCCC[O]. The maximum absolute atomic E-state index is 10.9. The van der Waals surface area contributed by atoms with Gasteiger partial charge in [0, 0.05) is 12.5 Å². The maximum atomic E-state index is 10.9. The number of carbonyl (C=O) groups is 1. The van der Waals surface area contributed by atoms with E-state index in [0.717, 1.165) is 6.42 Å². The highest BCUT2D eigenvalue weighted by molar-refractivity contribution is 5.77. The third kappa shape index (κ3) is 5.85. The predicted octanol–water partition coefficient (Wildman–Crippen LogP) is 0.969. The van der Waals surface area contributed by atoms with Crippen LogP contribution in [0.25, 0.3) is 0 Å². The third-order valence-corrected chi connectivity index (χ3v) is 1.39. The molecule has 0 saturated heterocycles. The number of hydrogen-bond acceptors (Lipinski definition) is 1. The summed E-state index contributed by atoms with van der Waals surface area (Å²) in [6, 6.07) is 0. The van der Waals surface area contributed by atoms with Crippen LogP contribution in [0.5, 0.6) is 0 Å². The molecule has 1 amide bonds. The molecule has 0 rings (SSSR count). The summed E-state index contributed by atoms with van der Waals surface area (Å²) in [6.45, 7) is 4.29. The van der Waals surface area contributed by atoms with Crippen molar-refractivity contribution in [3.05, 3.63) is 0 Å². The van der Waals surface area contributed by atoms with Gasteiger partial charge in [0.25, 0.3) is 0 Å². The molecule has 0 aliphatic carbocycles. The number of nitrogens with one attached hydrogen (secondary N) is 1. The van der Waals surface area contributed by atoms with Crippen LogP contribution in [0.3, 0.4) is 0 Å². The summed E-state index contributed by atoms with van der Waals surface area (Å²) in [5, 5.41) is 12.7. The van der Waals surface area contributed by atoms with E-state index in [1.165, 1.54) is 0 Å². The quantitative estimate of drug-likeness (QED) is 0.595. The van der Waals surface area contributed by atoms with Crippen LogP contribution in [0.15, 0.2) is 0 Å². The molecule has 0 aromatic heterocycles. The maximum Gasteiger partial charge on any atom is 0.222 e. The van der Waals surface area contributed by atoms with Gasteiger partial charge < -0.3 is 5.32 Å². The summed E-state index contributed by atoms with van der Waals surface area (Å²) in [5.74, 6) is 0.109. The Labute approximate surface area is 67.8 Å². The number of rotatable bonds is 5. The molecule has 0 unspecified atom stereocenters. The molecule has 3 heteroatoms. The Morgan fingerprint density at radius 1 is 1.36 bits per heavy atom. The van der Waals surface area contributed by atoms with Crippen LogP contribution in [0.1, 0.15) is 26.7 Å². The fourth-order valence-electron chi connectivity index (χ4n) is 0.643. The highest BCUT2D eigenvalue weighted by Crippen LogP contribution is 1.91. The van der Waals surface area contributed by atoms with Crippen molar-refractivity contribution in [2.45, 2.75) is 26.7 Å². The fraction of sp³-hybridized carbons (Fsp3) is 0.875. The van der Waals surface area contributed by atoms with E-state index in [2.05, 4.69) is 5.32 Å². The molecule has 0 heterocycles. The van der Waals surface area contributed by atoms with Crippen LogP contribution in [0.4, 0.5) is 0 Å². The Bertz CT molecular complexity index is 113.